The molecule has 1 unspecified atom stereocenters. The van der Waals surface area contributed by atoms with Crippen LogP contribution in [0.5, 0.6) is 5.75 Å². The van der Waals surface area contributed by atoms with Crippen LogP contribution in [0.2, 0.25) is 0 Å². The first kappa shape index (κ1) is 16.2. The molecule has 0 aliphatic carbocycles. The lowest BCUT2D eigenvalue weighted by Gasteiger charge is -2.29. The Bertz CT molecular complexity index is 793. The number of hydrogen-bond donors (Lipinski definition) is 0. The van der Waals surface area contributed by atoms with Crippen molar-refractivity contribution in [1.82, 2.24) is 0 Å². The maximum absolute atomic E-state index is 6.49. The van der Waals surface area contributed by atoms with Crippen LogP contribution in [-0.4, -0.2) is 13.7 Å². The minimum absolute atomic E-state index is 0.219. The Balaban J connectivity index is 1.77. The SMILES string of the molecule is COc1ccccc1C1COC(c2ccccc2)(c2ccccc2)S1. The van der Waals surface area contributed by atoms with E-state index >= 15 is 0 Å². The molecule has 1 saturated heterocycles. The van der Waals surface area contributed by atoms with Gasteiger partial charge in [-0.1, -0.05) is 78.9 Å². The van der Waals surface area contributed by atoms with Crippen LogP contribution in [-0.2, 0) is 9.67 Å². The van der Waals surface area contributed by atoms with E-state index in [1.165, 1.54) is 16.7 Å². The smallest absolute Gasteiger partial charge is 0.165 e. The van der Waals surface area contributed by atoms with Gasteiger partial charge in [-0.25, -0.2) is 0 Å². The van der Waals surface area contributed by atoms with Gasteiger partial charge in [-0.15, -0.1) is 11.8 Å². The maximum atomic E-state index is 6.49. The highest BCUT2D eigenvalue weighted by atomic mass is 32.2. The van der Waals surface area contributed by atoms with E-state index in [0.29, 0.717) is 6.61 Å². The summed E-state index contributed by atoms with van der Waals surface area (Å²) in [5.74, 6) is 0.917. The van der Waals surface area contributed by atoms with Crippen molar-refractivity contribution in [3.8, 4) is 5.75 Å². The molecular formula is C22H20O2S. The van der Waals surface area contributed by atoms with Gasteiger partial charge < -0.3 is 9.47 Å². The number of ether oxygens (including phenoxy) is 2. The van der Waals surface area contributed by atoms with E-state index in [2.05, 4.69) is 60.7 Å². The van der Waals surface area contributed by atoms with Crippen molar-refractivity contribution < 1.29 is 9.47 Å². The Hall–Kier alpha value is -2.23. The molecule has 0 radical (unpaired) electrons. The van der Waals surface area contributed by atoms with Crippen molar-refractivity contribution in [3.05, 3.63) is 102 Å². The average molecular weight is 348 g/mol. The van der Waals surface area contributed by atoms with Crippen LogP contribution in [0.25, 0.3) is 0 Å². The molecule has 0 aromatic heterocycles. The van der Waals surface area contributed by atoms with Crippen molar-refractivity contribution in [2.45, 2.75) is 10.2 Å². The fourth-order valence-electron chi connectivity index (χ4n) is 3.33. The third kappa shape index (κ3) is 2.94. The highest BCUT2D eigenvalue weighted by Gasteiger charge is 2.45. The van der Waals surface area contributed by atoms with Crippen LogP contribution in [0.15, 0.2) is 84.9 Å². The molecule has 0 N–H and O–H groups in total. The fourth-order valence-corrected chi connectivity index (χ4v) is 4.87. The zero-order chi connectivity index (χ0) is 17.1. The molecule has 1 heterocycles. The molecule has 3 heteroatoms. The summed E-state index contributed by atoms with van der Waals surface area (Å²) in [6, 6.07) is 29.1. The van der Waals surface area contributed by atoms with Gasteiger partial charge in [-0.3, -0.25) is 0 Å². The quantitative estimate of drug-likeness (QED) is 0.629. The Labute approximate surface area is 152 Å². The zero-order valence-corrected chi connectivity index (χ0v) is 14.9. The van der Waals surface area contributed by atoms with Crippen LogP contribution in [0.3, 0.4) is 0 Å². The normalized spacial score (nSPS) is 18.8. The van der Waals surface area contributed by atoms with Gasteiger partial charge in [0.05, 0.1) is 19.0 Å². The largest absolute Gasteiger partial charge is 0.496 e. The van der Waals surface area contributed by atoms with Gasteiger partial charge in [-0.05, 0) is 17.2 Å². The minimum atomic E-state index is -0.492. The van der Waals surface area contributed by atoms with Crippen LogP contribution in [0.4, 0.5) is 0 Å². The Kier molecular flexibility index (Phi) is 4.51. The van der Waals surface area contributed by atoms with Crippen molar-refractivity contribution in [2.24, 2.45) is 0 Å². The van der Waals surface area contributed by atoms with Crippen LogP contribution in [0, 0.1) is 0 Å². The van der Waals surface area contributed by atoms with Crippen molar-refractivity contribution in [2.75, 3.05) is 13.7 Å². The number of methoxy groups -OCH3 is 1. The molecule has 0 saturated carbocycles. The van der Waals surface area contributed by atoms with Gasteiger partial charge in [0.15, 0.2) is 4.93 Å². The summed E-state index contributed by atoms with van der Waals surface area (Å²) in [6.45, 7) is 0.648. The number of para-hydroxylation sites is 1. The molecular weight excluding hydrogens is 328 g/mol. The fraction of sp³-hybridized carbons (Fsp3) is 0.182. The summed E-state index contributed by atoms with van der Waals surface area (Å²) in [5.41, 5.74) is 3.52. The Morgan fingerprint density at radius 3 is 2.00 bits per heavy atom. The maximum Gasteiger partial charge on any atom is 0.165 e. The summed E-state index contributed by atoms with van der Waals surface area (Å²) in [5, 5.41) is 0.219. The van der Waals surface area contributed by atoms with E-state index in [1.54, 1.807) is 7.11 Å². The van der Waals surface area contributed by atoms with Gasteiger partial charge >= 0.3 is 0 Å². The van der Waals surface area contributed by atoms with Crippen LogP contribution < -0.4 is 4.74 Å². The molecule has 1 aliphatic heterocycles. The molecule has 25 heavy (non-hydrogen) atoms. The number of hydrogen-bond acceptors (Lipinski definition) is 3. The second-order valence-corrected chi connectivity index (χ2v) is 7.39. The lowest BCUT2D eigenvalue weighted by atomic mass is 10.0. The number of rotatable bonds is 4. The molecule has 126 valence electrons. The Morgan fingerprint density at radius 1 is 0.840 bits per heavy atom. The zero-order valence-electron chi connectivity index (χ0n) is 14.1. The van der Waals surface area contributed by atoms with E-state index in [-0.39, 0.29) is 5.25 Å². The van der Waals surface area contributed by atoms with E-state index in [0.717, 1.165) is 5.75 Å². The first-order valence-electron chi connectivity index (χ1n) is 8.39. The lowest BCUT2D eigenvalue weighted by Crippen LogP contribution is -2.22. The topological polar surface area (TPSA) is 18.5 Å². The second kappa shape index (κ2) is 6.95. The average Bonchev–Trinajstić information content (AvgIpc) is 3.16. The van der Waals surface area contributed by atoms with Crippen molar-refractivity contribution in [1.29, 1.82) is 0 Å². The number of thioether (sulfide) groups is 1. The third-order valence-electron chi connectivity index (χ3n) is 4.54. The highest BCUT2D eigenvalue weighted by molar-refractivity contribution is 8.00. The highest BCUT2D eigenvalue weighted by Crippen LogP contribution is 2.57. The van der Waals surface area contributed by atoms with E-state index in [9.17, 15) is 0 Å². The first-order valence-corrected chi connectivity index (χ1v) is 9.27. The van der Waals surface area contributed by atoms with E-state index in [4.69, 9.17) is 9.47 Å². The molecule has 0 amide bonds. The monoisotopic (exact) mass is 348 g/mol. The van der Waals surface area contributed by atoms with Crippen molar-refractivity contribution in [3.63, 3.8) is 0 Å². The summed E-state index contributed by atoms with van der Waals surface area (Å²) in [7, 11) is 1.72. The van der Waals surface area contributed by atoms with Gasteiger partial charge in [0.1, 0.15) is 5.75 Å². The molecule has 1 aliphatic rings. The van der Waals surface area contributed by atoms with Crippen LogP contribution in [0.1, 0.15) is 21.9 Å². The number of benzene rings is 3. The molecule has 3 aromatic rings. The van der Waals surface area contributed by atoms with Gasteiger partial charge in [0, 0.05) is 5.56 Å². The summed E-state index contributed by atoms with van der Waals surface area (Å²) in [4.78, 5) is -0.492. The lowest BCUT2D eigenvalue weighted by molar-refractivity contribution is 0.0731. The molecule has 3 aromatic carbocycles. The summed E-state index contributed by atoms with van der Waals surface area (Å²) >= 11 is 1.84. The second-order valence-electron chi connectivity index (χ2n) is 6.01. The van der Waals surface area contributed by atoms with Crippen LogP contribution >= 0.6 is 11.8 Å². The summed E-state index contributed by atoms with van der Waals surface area (Å²) < 4.78 is 12.1. The predicted octanol–water partition coefficient (Wildman–Crippen LogP) is 5.40. The minimum Gasteiger partial charge on any atom is -0.496 e. The molecule has 1 fully saturated rings. The molecule has 2 nitrogen and oxygen atoms in total. The molecule has 0 bridgehead atoms. The van der Waals surface area contributed by atoms with Crippen molar-refractivity contribution >= 4 is 11.8 Å². The third-order valence-corrected chi connectivity index (χ3v) is 6.14. The Morgan fingerprint density at radius 2 is 1.40 bits per heavy atom. The van der Waals surface area contributed by atoms with Gasteiger partial charge in [0.2, 0.25) is 0 Å². The van der Waals surface area contributed by atoms with Gasteiger partial charge in [-0.2, -0.15) is 0 Å². The molecule has 0 spiro atoms. The standard InChI is InChI=1S/C22H20O2S/c1-23-20-15-9-8-14-19(20)21-16-24-22(25-21,17-10-4-2-5-11-17)18-12-6-3-7-13-18/h2-15,21H,16H2,1H3. The van der Waals surface area contributed by atoms with Gasteiger partial charge in [0.25, 0.3) is 0 Å². The van der Waals surface area contributed by atoms with E-state index in [1.807, 2.05) is 36.0 Å². The first-order chi connectivity index (χ1) is 12.3. The predicted molar refractivity (Wildman–Crippen MR) is 103 cm³/mol. The molecule has 1 atom stereocenters. The van der Waals surface area contributed by atoms with E-state index < -0.39 is 4.93 Å². The molecule has 4 rings (SSSR count). The summed E-state index contributed by atoms with van der Waals surface area (Å²) in [6.07, 6.45) is 0.